The molecule has 1 heterocycles. The second kappa shape index (κ2) is 7.77. The number of rotatable bonds is 6. The first-order valence-electron chi connectivity index (χ1n) is 9.81. The van der Waals surface area contributed by atoms with E-state index in [1.807, 2.05) is 0 Å². The Balaban J connectivity index is 1.35. The summed E-state index contributed by atoms with van der Waals surface area (Å²) < 4.78 is 5.11. The van der Waals surface area contributed by atoms with E-state index in [4.69, 9.17) is 4.74 Å². The first kappa shape index (κ1) is 19.9. The van der Waals surface area contributed by atoms with E-state index in [9.17, 15) is 24.5 Å². The van der Waals surface area contributed by atoms with E-state index in [1.165, 1.54) is 30.2 Å². The molecule has 0 spiro atoms. The minimum Gasteiger partial charge on any atom is -0.495 e. The third-order valence-electron chi connectivity index (χ3n) is 6.11. The van der Waals surface area contributed by atoms with E-state index < -0.39 is 11.0 Å². The zero-order valence-corrected chi connectivity index (χ0v) is 16.4. The number of imide groups is 1. The first-order valence-corrected chi connectivity index (χ1v) is 9.81. The van der Waals surface area contributed by atoms with Crippen molar-refractivity contribution in [3.05, 3.63) is 40.5 Å². The SMILES string of the molecule is COc1ccc([N+](=O)[O-])cc1NC(=O)NCCN1C(=O)[C@@H]2[C@H](C1=O)[C@H]1C=C[C@H]2CC1. The van der Waals surface area contributed by atoms with Crippen LogP contribution in [-0.4, -0.2) is 47.9 Å². The maximum Gasteiger partial charge on any atom is 0.319 e. The van der Waals surface area contributed by atoms with Crippen LogP contribution in [0.3, 0.4) is 0 Å². The molecule has 10 nitrogen and oxygen atoms in total. The van der Waals surface area contributed by atoms with Crippen LogP contribution in [0.25, 0.3) is 0 Å². The number of fused-ring (bicyclic) bond motifs is 1. The van der Waals surface area contributed by atoms with Crippen molar-refractivity contribution in [2.75, 3.05) is 25.5 Å². The number of likely N-dealkylation sites (tertiary alicyclic amines) is 1. The number of hydrogen-bond donors (Lipinski definition) is 2. The molecular formula is C20H22N4O6. The summed E-state index contributed by atoms with van der Waals surface area (Å²) in [5, 5.41) is 16.0. The van der Waals surface area contributed by atoms with Crippen LogP contribution in [0.2, 0.25) is 0 Å². The van der Waals surface area contributed by atoms with Crippen LogP contribution >= 0.6 is 0 Å². The Morgan fingerprint density at radius 2 is 1.83 bits per heavy atom. The fourth-order valence-corrected chi connectivity index (χ4v) is 4.71. The predicted molar refractivity (Wildman–Crippen MR) is 106 cm³/mol. The molecule has 30 heavy (non-hydrogen) atoms. The molecule has 1 saturated carbocycles. The molecule has 0 aromatic heterocycles. The molecule has 1 saturated heterocycles. The Morgan fingerprint density at radius 1 is 1.20 bits per heavy atom. The summed E-state index contributed by atoms with van der Waals surface area (Å²) in [6, 6.07) is 3.24. The number of nitrogens with zero attached hydrogens (tertiary/aromatic N) is 2. The van der Waals surface area contributed by atoms with E-state index in [1.54, 1.807) is 0 Å². The minimum atomic E-state index is -0.618. The molecular weight excluding hydrogens is 392 g/mol. The van der Waals surface area contributed by atoms with Gasteiger partial charge in [-0.15, -0.1) is 0 Å². The lowest BCUT2D eigenvalue weighted by Crippen LogP contribution is -2.40. The number of carbonyl (C=O) groups excluding carboxylic acids is 3. The Morgan fingerprint density at radius 3 is 2.37 bits per heavy atom. The zero-order valence-electron chi connectivity index (χ0n) is 16.4. The van der Waals surface area contributed by atoms with Crippen molar-refractivity contribution in [2.45, 2.75) is 12.8 Å². The lowest BCUT2D eigenvalue weighted by Gasteiger charge is -2.38. The molecule has 0 unspecified atom stereocenters. The van der Waals surface area contributed by atoms with E-state index in [0.717, 1.165) is 12.8 Å². The number of nitrogens with one attached hydrogen (secondary N) is 2. The second-order valence-corrected chi connectivity index (χ2v) is 7.69. The van der Waals surface area contributed by atoms with Crippen molar-refractivity contribution in [3.63, 3.8) is 0 Å². The fourth-order valence-electron chi connectivity index (χ4n) is 4.71. The Labute approximate surface area is 172 Å². The maximum absolute atomic E-state index is 12.8. The Hall–Kier alpha value is -3.43. The van der Waals surface area contributed by atoms with E-state index in [-0.39, 0.29) is 65.7 Å². The molecule has 0 radical (unpaired) electrons. The van der Waals surface area contributed by atoms with Crippen LogP contribution in [0, 0.1) is 33.8 Å². The Kier molecular flexibility index (Phi) is 5.15. The van der Waals surface area contributed by atoms with Crippen molar-refractivity contribution in [2.24, 2.45) is 23.7 Å². The summed E-state index contributed by atoms with van der Waals surface area (Å²) in [5.41, 5.74) is -0.0450. The fraction of sp³-hybridized carbons (Fsp3) is 0.450. The summed E-state index contributed by atoms with van der Waals surface area (Å²) in [6.45, 7) is 0.159. The summed E-state index contributed by atoms with van der Waals surface area (Å²) in [6.07, 6.45) is 5.98. The van der Waals surface area contributed by atoms with Gasteiger partial charge >= 0.3 is 6.03 Å². The van der Waals surface area contributed by atoms with Crippen LogP contribution in [0.1, 0.15) is 12.8 Å². The van der Waals surface area contributed by atoms with Gasteiger partial charge in [-0.1, -0.05) is 12.2 Å². The molecule has 4 atom stereocenters. The zero-order chi connectivity index (χ0) is 21.4. The van der Waals surface area contributed by atoms with Gasteiger partial charge in [0.1, 0.15) is 5.75 Å². The van der Waals surface area contributed by atoms with Crippen LogP contribution < -0.4 is 15.4 Å². The molecule has 158 valence electrons. The van der Waals surface area contributed by atoms with Gasteiger partial charge in [-0.3, -0.25) is 24.6 Å². The van der Waals surface area contributed by atoms with Crippen LogP contribution in [0.4, 0.5) is 16.2 Å². The highest BCUT2D eigenvalue weighted by Gasteiger charge is 2.56. The van der Waals surface area contributed by atoms with Gasteiger partial charge in [-0.05, 0) is 30.7 Å². The summed E-state index contributed by atoms with van der Waals surface area (Å²) in [5.74, 6) is -0.350. The third-order valence-corrected chi connectivity index (χ3v) is 6.11. The normalized spacial score (nSPS) is 26.5. The monoisotopic (exact) mass is 414 g/mol. The smallest absolute Gasteiger partial charge is 0.319 e. The molecule has 3 aliphatic carbocycles. The quantitative estimate of drug-likeness (QED) is 0.316. The van der Waals surface area contributed by atoms with Gasteiger partial charge < -0.3 is 15.4 Å². The number of non-ortho nitro benzene ring substituents is 1. The third kappa shape index (κ3) is 3.38. The number of nitro groups is 1. The second-order valence-electron chi connectivity index (χ2n) is 7.69. The van der Waals surface area contributed by atoms with E-state index in [2.05, 4.69) is 22.8 Å². The highest BCUT2D eigenvalue weighted by molar-refractivity contribution is 6.06. The van der Waals surface area contributed by atoms with Crippen molar-refractivity contribution in [3.8, 4) is 5.75 Å². The average Bonchev–Trinajstić information content (AvgIpc) is 3.01. The number of urea groups is 1. The first-order chi connectivity index (χ1) is 14.4. The van der Waals surface area contributed by atoms with Crippen LogP contribution in [0.15, 0.2) is 30.4 Å². The molecule has 4 amide bonds. The van der Waals surface area contributed by atoms with Crippen LogP contribution in [-0.2, 0) is 9.59 Å². The van der Waals surface area contributed by atoms with Gasteiger partial charge in [0.05, 0.1) is 29.6 Å². The van der Waals surface area contributed by atoms with Gasteiger partial charge in [0, 0.05) is 25.2 Å². The summed E-state index contributed by atoms with van der Waals surface area (Å²) in [7, 11) is 1.39. The number of nitro benzene ring substituents is 1. The van der Waals surface area contributed by atoms with Crippen LogP contribution in [0.5, 0.6) is 5.75 Å². The molecule has 1 aliphatic heterocycles. The number of carbonyl (C=O) groups is 3. The molecule has 10 heteroatoms. The van der Waals surface area contributed by atoms with Crippen molar-refractivity contribution < 1.29 is 24.0 Å². The predicted octanol–water partition coefficient (Wildman–Crippen LogP) is 1.92. The van der Waals surface area contributed by atoms with Crippen molar-refractivity contribution in [1.29, 1.82) is 0 Å². The van der Waals surface area contributed by atoms with Crippen molar-refractivity contribution >= 4 is 29.2 Å². The molecule has 5 rings (SSSR count). The number of methoxy groups -OCH3 is 1. The summed E-state index contributed by atoms with van der Waals surface area (Å²) >= 11 is 0. The lowest BCUT2D eigenvalue weighted by atomic mass is 9.63. The number of anilines is 1. The van der Waals surface area contributed by atoms with Gasteiger partial charge in [0.2, 0.25) is 11.8 Å². The van der Waals surface area contributed by atoms with E-state index >= 15 is 0 Å². The molecule has 1 aromatic rings. The molecule has 4 aliphatic rings. The minimum absolute atomic E-state index is 0.0722. The number of amides is 4. The molecule has 1 aromatic carbocycles. The highest BCUT2D eigenvalue weighted by atomic mass is 16.6. The molecule has 2 N–H and O–H groups in total. The van der Waals surface area contributed by atoms with Gasteiger partial charge in [-0.2, -0.15) is 0 Å². The lowest BCUT2D eigenvalue weighted by molar-refractivity contribution is -0.384. The Bertz CT molecular complexity index is 913. The number of benzene rings is 1. The maximum atomic E-state index is 12.8. The summed E-state index contributed by atoms with van der Waals surface area (Å²) in [4.78, 5) is 49.3. The largest absolute Gasteiger partial charge is 0.495 e. The molecule has 2 bridgehead atoms. The van der Waals surface area contributed by atoms with Gasteiger partial charge in [-0.25, -0.2) is 4.79 Å². The topological polar surface area (TPSA) is 131 Å². The highest BCUT2D eigenvalue weighted by Crippen LogP contribution is 2.49. The number of allylic oxidation sites excluding steroid dienone is 2. The average molecular weight is 414 g/mol. The standard InChI is InChI=1S/C20H22N4O6/c1-30-15-7-6-13(24(28)29)10-14(15)22-20(27)21-8-9-23-18(25)16-11-2-3-12(5-4-11)17(16)19(23)26/h2-3,6-7,10-12,16-17H,4-5,8-9H2,1H3,(H2,21,22,27)/t11-,12-,16-,17+/m0/s1. The number of ether oxygens (including phenoxy) is 1. The van der Waals surface area contributed by atoms with Gasteiger partial charge in [0.25, 0.3) is 5.69 Å². The molecule has 2 fully saturated rings. The van der Waals surface area contributed by atoms with E-state index in [0.29, 0.717) is 0 Å². The van der Waals surface area contributed by atoms with Gasteiger partial charge in [0.15, 0.2) is 0 Å². The number of hydrogen-bond acceptors (Lipinski definition) is 6. The van der Waals surface area contributed by atoms with Crippen molar-refractivity contribution in [1.82, 2.24) is 10.2 Å².